The molecule has 2 aromatic rings. The van der Waals surface area contributed by atoms with Crippen molar-refractivity contribution in [1.82, 2.24) is 4.31 Å². The van der Waals surface area contributed by atoms with Crippen LogP contribution in [0.4, 0.5) is 14.5 Å². The van der Waals surface area contributed by atoms with Gasteiger partial charge in [-0.1, -0.05) is 17.7 Å². The average molecular weight is 484 g/mol. The number of nitrogens with one attached hydrogen (secondary N) is 1. The highest BCUT2D eigenvalue weighted by Crippen LogP contribution is 2.37. The molecule has 2 rings (SSSR count). The molecule has 0 fully saturated rings. The number of sulfonamides is 1. The van der Waals surface area contributed by atoms with Gasteiger partial charge in [0.1, 0.15) is 0 Å². The molecule has 0 aromatic heterocycles. The molecule has 0 aliphatic heterocycles. The zero-order chi connectivity index (χ0) is 20.4. The summed E-state index contributed by atoms with van der Waals surface area (Å²) in [6, 6.07) is 7.87. The molecular weight excluding hydrogens is 470 g/mol. The van der Waals surface area contributed by atoms with E-state index in [-0.39, 0.29) is 31.4 Å². The summed E-state index contributed by atoms with van der Waals surface area (Å²) in [5.41, 5.74) is -0.0856. The Kier molecular flexibility index (Phi) is 6.79. The number of amides is 1. The van der Waals surface area contributed by atoms with Crippen molar-refractivity contribution in [2.24, 2.45) is 0 Å². The summed E-state index contributed by atoms with van der Waals surface area (Å²) in [6.07, 6.45) is 0. The van der Waals surface area contributed by atoms with E-state index in [1.165, 1.54) is 50.5 Å². The third-order valence-electron chi connectivity index (χ3n) is 3.34. The van der Waals surface area contributed by atoms with Crippen molar-refractivity contribution in [1.29, 1.82) is 0 Å². The van der Waals surface area contributed by atoms with Gasteiger partial charge < -0.3 is 10.1 Å². The second-order valence-corrected chi connectivity index (χ2v) is 8.85. The third kappa shape index (κ3) is 5.16. The molecule has 11 heteroatoms. The predicted octanol–water partition coefficient (Wildman–Crippen LogP) is 4.21. The van der Waals surface area contributed by atoms with E-state index in [1.54, 1.807) is 0 Å². The summed E-state index contributed by atoms with van der Waals surface area (Å²) in [7, 11) is -1.02. The first-order chi connectivity index (χ1) is 12.5. The maximum absolute atomic E-state index is 12.6. The Morgan fingerprint density at radius 3 is 2.52 bits per heavy atom. The minimum atomic E-state index is -3.74. The lowest BCUT2D eigenvalue weighted by Crippen LogP contribution is -2.23. The molecule has 146 valence electrons. The number of carbonyl (C=O) groups is 1. The van der Waals surface area contributed by atoms with E-state index in [1.807, 2.05) is 0 Å². The van der Waals surface area contributed by atoms with Crippen LogP contribution in [-0.2, 0) is 10.0 Å². The topological polar surface area (TPSA) is 75.7 Å². The van der Waals surface area contributed by atoms with Gasteiger partial charge >= 0.3 is 6.61 Å². The molecule has 0 radical (unpaired) electrons. The number of halogens is 4. The third-order valence-corrected chi connectivity index (χ3v) is 5.96. The summed E-state index contributed by atoms with van der Waals surface area (Å²) in [4.78, 5) is 12.4. The summed E-state index contributed by atoms with van der Waals surface area (Å²) in [5.74, 6) is -1.03. The first-order valence-corrected chi connectivity index (χ1v) is 9.91. The zero-order valence-electron chi connectivity index (χ0n) is 14.0. The quantitative estimate of drug-likeness (QED) is 0.668. The molecule has 0 aliphatic rings. The van der Waals surface area contributed by atoms with E-state index in [4.69, 9.17) is 11.6 Å². The van der Waals surface area contributed by atoms with Gasteiger partial charge in [-0.3, -0.25) is 4.79 Å². The summed E-state index contributed by atoms with van der Waals surface area (Å²) >= 11 is 8.95. The van der Waals surface area contributed by atoms with Gasteiger partial charge in [0.15, 0.2) is 5.75 Å². The van der Waals surface area contributed by atoms with Crippen molar-refractivity contribution in [3.05, 3.63) is 51.5 Å². The number of anilines is 1. The highest BCUT2D eigenvalue weighted by molar-refractivity contribution is 9.10. The van der Waals surface area contributed by atoms with Gasteiger partial charge in [0.25, 0.3) is 5.91 Å². The Morgan fingerprint density at radius 1 is 1.26 bits per heavy atom. The molecule has 0 atom stereocenters. The Bertz CT molecular complexity index is 971. The molecule has 27 heavy (non-hydrogen) atoms. The molecule has 0 saturated carbocycles. The fourth-order valence-corrected chi connectivity index (χ4v) is 3.92. The van der Waals surface area contributed by atoms with E-state index in [0.717, 1.165) is 4.31 Å². The number of alkyl halides is 2. The number of ether oxygens (including phenoxy) is 1. The van der Waals surface area contributed by atoms with Crippen molar-refractivity contribution < 1.29 is 26.7 Å². The van der Waals surface area contributed by atoms with Crippen LogP contribution in [0.1, 0.15) is 10.4 Å². The molecule has 1 N–H and O–H groups in total. The van der Waals surface area contributed by atoms with Crippen LogP contribution >= 0.6 is 27.5 Å². The first-order valence-electron chi connectivity index (χ1n) is 7.30. The van der Waals surface area contributed by atoms with Crippen LogP contribution in [0.2, 0.25) is 5.02 Å². The van der Waals surface area contributed by atoms with Crippen LogP contribution in [0.5, 0.6) is 5.75 Å². The molecule has 6 nitrogen and oxygen atoms in total. The monoisotopic (exact) mass is 482 g/mol. The van der Waals surface area contributed by atoms with E-state index in [2.05, 4.69) is 26.0 Å². The normalized spacial score (nSPS) is 11.7. The highest BCUT2D eigenvalue weighted by atomic mass is 79.9. The lowest BCUT2D eigenvalue weighted by Gasteiger charge is -2.15. The Balaban J connectivity index is 2.39. The van der Waals surface area contributed by atoms with Crippen LogP contribution in [-0.4, -0.2) is 39.3 Å². The lowest BCUT2D eigenvalue weighted by molar-refractivity contribution is -0.0498. The number of hydrogen-bond donors (Lipinski definition) is 1. The maximum atomic E-state index is 12.6. The fourth-order valence-electron chi connectivity index (χ4n) is 2.07. The van der Waals surface area contributed by atoms with Crippen molar-refractivity contribution >= 4 is 49.1 Å². The molecule has 2 aromatic carbocycles. The van der Waals surface area contributed by atoms with Gasteiger partial charge in [-0.05, 0) is 46.3 Å². The number of nitrogens with zero attached hydrogens (tertiary/aromatic N) is 1. The minimum absolute atomic E-state index is 0.0111. The van der Waals surface area contributed by atoms with Crippen molar-refractivity contribution in [3.63, 3.8) is 0 Å². The van der Waals surface area contributed by atoms with Crippen molar-refractivity contribution in [2.75, 3.05) is 19.4 Å². The van der Waals surface area contributed by atoms with Crippen LogP contribution in [0, 0.1) is 0 Å². The number of hydrogen-bond acceptors (Lipinski definition) is 4. The molecular formula is C16H14BrClF2N2O4S. The maximum Gasteiger partial charge on any atom is 0.387 e. The zero-order valence-corrected chi connectivity index (χ0v) is 17.2. The standard InChI is InChI=1S/C16H14BrClF2N2O4S/c1-22(2)27(24,25)11-5-3-4-9(6-11)15(23)21-13-8-10(18)7-12(17)14(13)26-16(19)20/h3-8,16H,1-2H3,(H,21,23). The van der Waals surface area contributed by atoms with E-state index < -0.39 is 22.5 Å². The van der Waals surface area contributed by atoms with Gasteiger partial charge in [-0.25, -0.2) is 12.7 Å². The second kappa shape index (κ2) is 8.51. The van der Waals surface area contributed by atoms with Gasteiger partial charge in [0.05, 0.1) is 15.1 Å². The summed E-state index contributed by atoms with van der Waals surface area (Å²) in [5, 5.41) is 2.57. The molecule has 0 spiro atoms. The predicted molar refractivity (Wildman–Crippen MR) is 101 cm³/mol. The van der Waals surface area contributed by atoms with Crippen LogP contribution in [0.15, 0.2) is 45.8 Å². The SMILES string of the molecule is CN(C)S(=O)(=O)c1cccc(C(=O)Nc2cc(Cl)cc(Br)c2OC(F)F)c1. The summed E-state index contributed by atoms with van der Waals surface area (Å²) in [6.45, 7) is -3.12. The number of carbonyl (C=O) groups excluding carboxylic acids is 1. The van der Waals surface area contributed by atoms with Crippen molar-refractivity contribution in [3.8, 4) is 5.75 Å². The minimum Gasteiger partial charge on any atom is -0.431 e. The molecule has 0 unspecified atom stereocenters. The van der Waals surface area contributed by atoms with E-state index in [9.17, 15) is 22.0 Å². The Hall–Kier alpha value is -1.75. The Morgan fingerprint density at radius 2 is 1.93 bits per heavy atom. The second-order valence-electron chi connectivity index (χ2n) is 5.41. The van der Waals surface area contributed by atoms with Gasteiger partial charge in [-0.15, -0.1) is 0 Å². The molecule has 0 saturated heterocycles. The molecule has 1 amide bonds. The first kappa shape index (κ1) is 21.5. The average Bonchev–Trinajstić information content (AvgIpc) is 2.57. The van der Waals surface area contributed by atoms with Crippen molar-refractivity contribution in [2.45, 2.75) is 11.5 Å². The van der Waals surface area contributed by atoms with Crippen LogP contribution < -0.4 is 10.1 Å². The van der Waals surface area contributed by atoms with Gasteiger partial charge in [0, 0.05) is 24.7 Å². The van der Waals surface area contributed by atoms with Gasteiger partial charge in [0.2, 0.25) is 10.0 Å². The largest absolute Gasteiger partial charge is 0.431 e. The highest BCUT2D eigenvalue weighted by Gasteiger charge is 2.21. The van der Waals surface area contributed by atoms with Crippen LogP contribution in [0.3, 0.4) is 0 Å². The fraction of sp³-hybridized carbons (Fsp3) is 0.188. The van der Waals surface area contributed by atoms with E-state index >= 15 is 0 Å². The summed E-state index contributed by atoms with van der Waals surface area (Å²) < 4.78 is 55.2. The lowest BCUT2D eigenvalue weighted by atomic mass is 10.2. The van der Waals surface area contributed by atoms with Crippen LogP contribution in [0.25, 0.3) is 0 Å². The molecule has 0 bridgehead atoms. The molecule has 0 heterocycles. The smallest absolute Gasteiger partial charge is 0.387 e. The molecule has 0 aliphatic carbocycles. The number of rotatable bonds is 6. The van der Waals surface area contributed by atoms with Gasteiger partial charge in [-0.2, -0.15) is 8.78 Å². The number of benzene rings is 2. The Labute approximate surface area is 168 Å². The van der Waals surface area contributed by atoms with E-state index in [0.29, 0.717) is 0 Å².